The number of anilines is 1. The summed E-state index contributed by atoms with van der Waals surface area (Å²) in [4.78, 5) is 8.85. The topological polar surface area (TPSA) is 31.9 Å². The van der Waals surface area contributed by atoms with Crippen LogP contribution in [0.5, 0.6) is 0 Å². The number of aromatic amines is 1. The minimum Gasteiger partial charge on any atom is -0.362 e. The fraction of sp³-hybridized carbons (Fsp3) is 0.357. The van der Waals surface area contributed by atoms with Gasteiger partial charge in [-0.25, -0.2) is 4.98 Å². The maximum absolute atomic E-state index is 12.9. The normalized spacial score (nSPS) is 12.0. The van der Waals surface area contributed by atoms with Gasteiger partial charge in [0.25, 0.3) is 0 Å². The van der Waals surface area contributed by atoms with Crippen molar-refractivity contribution in [1.29, 1.82) is 0 Å². The van der Waals surface area contributed by atoms with E-state index in [1.165, 1.54) is 6.07 Å². The van der Waals surface area contributed by atoms with Crippen molar-refractivity contribution < 1.29 is 13.2 Å². The van der Waals surface area contributed by atoms with Gasteiger partial charge >= 0.3 is 6.18 Å². The SMILES string of the molecule is CC(C)N(Cc1ncc[nH]1)c1cc(Cl)cc(C(F)(F)F)c1. The number of rotatable bonds is 4. The zero-order valence-electron chi connectivity index (χ0n) is 11.6. The summed E-state index contributed by atoms with van der Waals surface area (Å²) in [6.45, 7) is 4.18. The molecule has 0 spiro atoms. The largest absolute Gasteiger partial charge is 0.416 e. The molecule has 1 heterocycles. The zero-order chi connectivity index (χ0) is 15.6. The quantitative estimate of drug-likeness (QED) is 0.900. The molecule has 0 saturated carbocycles. The molecular formula is C14H15ClF3N3. The number of nitrogens with zero attached hydrogens (tertiary/aromatic N) is 2. The van der Waals surface area contributed by atoms with Crippen LogP contribution < -0.4 is 4.90 Å². The van der Waals surface area contributed by atoms with E-state index in [4.69, 9.17) is 11.6 Å². The molecule has 0 unspecified atom stereocenters. The first kappa shape index (κ1) is 15.7. The van der Waals surface area contributed by atoms with Gasteiger partial charge in [-0.15, -0.1) is 0 Å². The van der Waals surface area contributed by atoms with Gasteiger partial charge in [-0.1, -0.05) is 11.6 Å². The maximum Gasteiger partial charge on any atom is 0.416 e. The molecule has 0 aliphatic rings. The molecule has 7 heteroatoms. The van der Waals surface area contributed by atoms with Gasteiger partial charge in [-0.3, -0.25) is 0 Å². The van der Waals surface area contributed by atoms with E-state index in [2.05, 4.69) is 9.97 Å². The molecule has 1 N–H and O–H groups in total. The molecule has 0 aliphatic heterocycles. The zero-order valence-corrected chi connectivity index (χ0v) is 12.3. The Morgan fingerprint density at radius 3 is 2.52 bits per heavy atom. The summed E-state index contributed by atoms with van der Waals surface area (Å²) in [5.74, 6) is 0.678. The van der Waals surface area contributed by atoms with Crippen LogP contribution >= 0.6 is 11.6 Å². The number of nitrogens with one attached hydrogen (secondary N) is 1. The highest BCUT2D eigenvalue weighted by atomic mass is 35.5. The molecule has 0 atom stereocenters. The number of hydrogen-bond acceptors (Lipinski definition) is 2. The van der Waals surface area contributed by atoms with Crippen LogP contribution in [-0.4, -0.2) is 16.0 Å². The second-order valence-corrected chi connectivity index (χ2v) is 5.39. The van der Waals surface area contributed by atoms with Gasteiger partial charge in [0.15, 0.2) is 0 Å². The maximum atomic E-state index is 12.9. The highest BCUT2D eigenvalue weighted by Crippen LogP contribution is 2.35. The van der Waals surface area contributed by atoms with Gasteiger partial charge in [0.1, 0.15) is 5.82 Å². The van der Waals surface area contributed by atoms with E-state index in [1.54, 1.807) is 17.3 Å². The van der Waals surface area contributed by atoms with E-state index in [1.807, 2.05) is 13.8 Å². The lowest BCUT2D eigenvalue weighted by Gasteiger charge is -2.29. The van der Waals surface area contributed by atoms with Crippen LogP contribution in [0.2, 0.25) is 5.02 Å². The smallest absolute Gasteiger partial charge is 0.362 e. The number of aromatic nitrogens is 2. The predicted octanol–water partition coefficient (Wildman–Crippen LogP) is 4.50. The molecule has 0 bridgehead atoms. The van der Waals surface area contributed by atoms with Crippen LogP contribution in [0.15, 0.2) is 30.6 Å². The van der Waals surface area contributed by atoms with Crippen molar-refractivity contribution in [3.8, 4) is 0 Å². The summed E-state index contributed by atoms with van der Waals surface area (Å²) in [6.07, 6.45) is -1.15. The Kier molecular flexibility index (Phi) is 4.46. The Bertz CT molecular complexity index is 594. The van der Waals surface area contributed by atoms with Crippen LogP contribution in [0.4, 0.5) is 18.9 Å². The molecule has 114 valence electrons. The van der Waals surface area contributed by atoms with E-state index in [-0.39, 0.29) is 11.1 Å². The average Bonchev–Trinajstić information content (AvgIpc) is 2.86. The van der Waals surface area contributed by atoms with Crippen molar-refractivity contribution >= 4 is 17.3 Å². The van der Waals surface area contributed by atoms with E-state index in [9.17, 15) is 13.2 Å². The molecule has 3 nitrogen and oxygen atoms in total. The van der Waals surface area contributed by atoms with Crippen LogP contribution in [0.25, 0.3) is 0 Å². The molecular weight excluding hydrogens is 303 g/mol. The van der Waals surface area contributed by atoms with E-state index >= 15 is 0 Å². The first-order valence-electron chi connectivity index (χ1n) is 6.40. The molecule has 0 amide bonds. The number of imidazole rings is 1. The van der Waals surface area contributed by atoms with Crippen molar-refractivity contribution in [3.05, 3.63) is 47.0 Å². The molecule has 0 aliphatic carbocycles. The van der Waals surface area contributed by atoms with Gasteiger partial charge < -0.3 is 9.88 Å². The van der Waals surface area contributed by atoms with Crippen LogP contribution in [0, 0.1) is 0 Å². The van der Waals surface area contributed by atoms with Gasteiger partial charge in [-0.05, 0) is 32.0 Å². The van der Waals surface area contributed by atoms with Crippen LogP contribution in [0.1, 0.15) is 25.2 Å². The Balaban J connectivity index is 2.38. The van der Waals surface area contributed by atoms with Gasteiger partial charge in [0, 0.05) is 29.1 Å². The fourth-order valence-corrected chi connectivity index (χ4v) is 2.25. The second-order valence-electron chi connectivity index (χ2n) is 4.95. The van der Waals surface area contributed by atoms with Crippen molar-refractivity contribution in [2.24, 2.45) is 0 Å². The summed E-state index contributed by atoms with van der Waals surface area (Å²) in [5, 5.41) is 0.0601. The van der Waals surface area contributed by atoms with E-state index in [0.29, 0.717) is 18.1 Å². The highest BCUT2D eigenvalue weighted by Gasteiger charge is 2.31. The molecule has 1 aromatic heterocycles. The van der Waals surface area contributed by atoms with Crippen LogP contribution in [-0.2, 0) is 12.7 Å². The molecule has 0 saturated heterocycles. The fourth-order valence-electron chi connectivity index (χ4n) is 2.02. The van der Waals surface area contributed by atoms with E-state index in [0.717, 1.165) is 12.1 Å². The number of benzene rings is 1. The number of H-pyrrole nitrogens is 1. The monoisotopic (exact) mass is 317 g/mol. The molecule has 2 aromatic rings. The Labute approximate surface area is 125 Å². The van der Waals surface area contributed by atoms with Gasteiger partial charge in [0.2, 0.25) is 0 Å². The van der Waals surface area contributed by atoms with Crippen molar-refractivity contribution in [2.75, 3.05) is 4.90 Å². The lowest BCUT2D eigenvalue weighted by Crippen LogP contribution is -2.30. The molecule has 0 radical (unpaired) electrons. The van der Waals surface area contributed by atoms with Crippen molar-refractivity contribution in [1.82, 2.24) is 9.97 Å². The third-order valence-corrected chi connectivity index (χ3v) is 3.26. The lowest BCUT2D eigenvalue weighted by molar-refractivity contribution is -0.137. The molecule has 0 fully saturated rings. The standard InChI is InChI=1S/C14H15ClF3N3/c1-9(2)21(8-13-19-3-4-20-13)12-6-10(14(16,17)18)5-11(15)7-12/h3-7,9H,8H2,1-2H3,(H,19,20). The molecule has 21 heavy (non-hydrogen) atoms. The first-order chi connectivity index (χ1) is 9.77. The Hall–Kier alpha value is -1.69. The first-order valence-corrected chi connectivity index (χ1v) is 6.78. The predicted molar refractivity (Wildman–Crippen MR) is 76.4 cm³/mol. The third kappa shape index (κ3) is 3.91. The number of hydrogen-bond donors (Lipinski definition) is 1. The minimum absolute atomic E-state index is 0.00495. The summed E-state index contributed by atoms with van der Waals surface area (Å²) < 4.78 is 38.7. The molecule has 2 rings (SSSR count). The summed E-state index contributed by atoms with van der Waals surface area (Å²) in [7, 11) is 0. The summed E-state index contributed by atoms with van der Waals surface area (Å²) >= 11 is 5.84. The summed E-state index contributed by atoms with van der Waals surface area (Å²) in [5.41, 5.74) is -0.337. The second kappa shape index (κ2) is 5.97. The Morgan fingerprint density at radius 1 is 1.29 bits per heavy atom. The van der Waals surface area contributed by atoms with E-state index < -0.39 is 11.7 Å². The lowest BCUT2D eigenvalue weighted by atomic mass is 10.1. The average molecular weight is 318 g/mol. The highest BCUT2D eigenvalue weighted by molar-refractivity contribution is 6.30. The number of alkyl halides is 3. The third-order valence-electron chi connectivity index (χ3n) is 3.04. The Morgan fingerprint density at radius 2 is 2.00 bits per heavy atom. The van der Waals surface area contributed by atoms with Gasteiger partial charge in [0.05, 0.1) is 12.1 Å². The summed E-state index contributed by atoms with van der Waals surface area (Å²) in [6, 6.07) is 3.56. The van der Waals surface area contributed by atoms with Crippen molar-refractivity contribution in [2.45, 2.75) is 32.6 Å². The molecule has 1 aromatic carbocycles. The minimum atomic E-state index is -4.42. The van der Waals surface area contributed by atoms with Crippen LogP contribution in [0.3, 0.4) is 0 Å². The van der Waals surface area contributed by atoms with Crippen molar-refractivity contribution in [3.63, 3.8) is 0 Å². The van der Waals surface area contributed by atoms with Gasteiger partial charge in [-0.2, -0.15) is 13.2 Å². The number of halogens is 4.